The molecule has 2 N–H and O–H groups in total. The Labute approximate surface area is 153 Å². The summed E-state index contributed by atoms with van der Waals surface area (Å²) < 4.78 is 0. The van der Waals surface area contributed by atoms with Crippen molar-refractivity contribution in [2.45, 2.75) is 44.9 Å². The Morgan fingerprint density at radius 2 is 1.79 bits per heavy atom. The van der Waals surface area contributed by atoms with Gasteiger partial charge in [0.05, 0.1) is 16.1 Å². The van der Waals surface area contributed by atoms with Gasteiger partial charge in [-0.1, -0.05) is 23.7 Å². The number of nitrogens with one attached hydrogen (secondary N) is 2. The lowest BCUT2D eigenvalue weighted by atomic mass is 9.61. The van der Waals surface area contributed by atoms with E-state index >= 15 is 0 Å². The predicted octanol–water partition coefficient (Wildman–Crippen LogP) is 4.76. The van der Waals surface area contributed by atoms with Crippen molar-refractivity contribution < 1.29 is 4.79 Å². The van der Waals surface area contributed by atoms with Crippen molar-refractivity contribution in [1.82, 2.24) is 5.32 Å². The van der Waals surface area contributed by atoms with E-state index in [-0.39, 0.29) is 11.3 Å². The number of rotatable bonds is 2. The molecule has 2 atom stereocenters. The summed E-state index contributed by atoms with van der Waals surface area (Å²) in [4.78, 5) is 13.1. The van der Waals surface area contributed by atoms with Crippen molar-refractivity contribution in [3.05, 3.63) is 29.3 Å². The zero-order valence-corrected chi connectivity index (χ0v) is 15.3. The maximum atomic E-state index is 13.1. The highest BCUT2D eigenvalue weighted by molar-refractivity contribution is 7.80. The lowest BCUT2D eigenvalue weighted by molar-refractivity contribution is -0.134. The number of benzene rings is 1. The van der Waals surface area contributed by atoms with Crippen molar-refractivity contribution in [2.24, 2.45) is 23.2 Å². The fraction of sp³-hybridized carbons (Fsp3) is 0.579. The van der Waals surface area contributed by atoms with Crippen molar-refractivity contribution in [3.63, 3.8) is 0 Å². The minimum absolute atomic E-state index is 0.115. The first-order valence-electron chi connectivity index (χ1n) is 8.91. The van der Waals surface area contributed by atoms with E-state index in [4.69, 9.17) is 23.8 Å². The molecule has 4 aliphatic carbocycles. The standard InChI is InChI=1S/C19H23ClN2OS/c20-15-3-1-2-4-16(15)21-18(24)22-17(23)19-6-5-12-7-13(10-19)9-14(8-12)11-19/h1-4,12-14H,5-11H2,(H2,21,22,23,24). The Hall–Kier alpha value is -1.13. The molecule has 0 spiro atoms. The first kappa shape index (κ1) is 16.3. The monoisotopic (exact) mass is 362 g/mol. The molecule has 4 aliphatic rings. The number of fused-ring (bicyclic) bond motifs is 1. The molecular weight excluding hydrogens is 340 g/mol. The number of halogens is 1. The van der Waals surface area contributed by atoms with Gasteiger partial charge in [-0.25, -0.2) is 0 Å². The fourth-order valence-electron chi connectivity index (χ4n) is 5.40. The van der Waals surface area contributed by atoms with Gasteiger partial charge in [0.2, 0.25) is 5.91 Å². The zero-order valence-electron chi connectivity index (χ0n) is 13.7. The van der Waals surface area contributed by atoms with Crippen molar-refractivity contribution in [2.75, 3.05) is 5.32 Å². The molecule has 2 unspecified atom stereocenters. The fourth-order valence-corrected chi connectivity index (χ4v) is 5.78. The molecule has 3 nitrogen and oxygen atoms in total. The van der Waals surface area contributed by atoms with E-state index in [0.29, 0.717) is 10.1 Å². The second-order valence-corrected chi connectivity index (χ2v) is 8.74. The van der Waals surface area contributed by atoms with Crippen LogP contribution in [-0.2, 0) is 4.79 Å². The number of hydrogen-bond acceptors (Lipinski definition) is 2. The number of thiocarbonyl (C=S) groups is 1. The van der Waals surface area contributed by atoms with Gasteiger partial charge >= 0.3 is 0 Å². The van der Waals surface area contributed by atoms with E-state index in [9.17, 15) is 4.79 Å². The smallest absolute Gasteiger partial charge is 0.232 e. The molecule has 1 aromatic rings. The van der Waals surface area contributed by atoms with Crippen molar-refractivity contribution >= 4 is 40.5 Å². The lowest BCUT2D eigenvalue weighted by Crippen LogP contribution is -2.48. The molecule has 0 aliphatic heterocycles. The molecule has 5 heteroatoms. The third-order valence-electron chi connectivity index (χ3n) is 6.22. The van der Waals surface area contributed by atoms with Crippen LogP contribution in [0.2, 0.25) is 5.02 Å². The number of amides is 1. The van der Waals surface area contributed by atoms with Crippen LogP contribution in [-0.4, -0.2) is 11.0 Å². The van der Waals surface area contributed by atoms with Gasteiger partial charge in [-0.15, -0.1) is 0 Å². The number of carbonyl (C=O) groups is 1. The van der Waals surface area contributed by atoms with Gasteiger partial charge in [0.15, 0.2) is 5.11 Å². The predicted molar refractivity (Wildman–Crippen MR) is 101 cm³/mol. The highest BCUT2D eigenvalue weighted by Gasteiger charge is 2.51. The molecule has 0 heterocycles. The van der Waals surface area contributed by atoms with Crippen LogP contribution < -0.4 is 10.6 Å². The van der Waals surface area contributed by atoms with Crippen LogP contribution in [0.15, 0.2) is 24.3 Å². The quantitative estimate of drug-likeness (QED) is 0.745. The summed E-state index contributed by atoms with van der Waals surface area (Å²) in [5, 5.41) is 6.96. The summed E-state index contributed by atoms with van der Waals surface area (Å²) in [5.74, 6) is 2.44. The molecule has 5 rings (SSSR count). The Morgan fingerprint density at radius 1 is 1.12 bits per heavy atom. The summed E-state index contributed by atoms with van der Waals surface area (Å²) in [6, 6.07) is 7.42. The minimum Gasteiger partial charge on any atom is -0.331 e. The topological polar surface area (TPSA) is 41.1 Å². The molecule has 0 radical (unpaired) electrons. The van der Waals surface area contributed by atoms with E-state index in [1.807, 2.05) is 18.2 Å². The van der Waals surface area contributed by atoms with Crippen molar-refractivity contribution in [1.29, 1.82) is 0 Å². The summed E-state index contributed by atoms with van der Waals surface area (Å²) in [7, 11) is 0. The number of anilines is 1. The third kappa shape index (κ3) is 3.06. The minimum atomic E-state index is -0.203. The van der Waals surface area contributed by atoms with Gasteiger partial charge in [0, 0.05) is 0 Å². The summed E-state index contributed by atoms with van der Waals surface area (Å²) in [6.45, 7) is 0. The molecule has 4 fully saturated rings. The molecule has 0 saturated heterocycles. The van der Waals surface area contributed by atoms with Crippen LogP contribution in [0.1, 0.15) is 44.9 Å². The van der Waals surface area contributed by atoms with E-state index in [0.717, 1.165) is 42.7 Å². The van der Waals surface area contributed by atoms with E-state index in [1.54, 1.807) is 6.07 Å². The molecule has 1 amide bonds. The van der Waals surface area contributed by atoms with Gasteiger partial charge in [-0.3, -0.25) is 4.79 Å². The van der Waals surface area contributed by atoms with Gasteiger partial charge in [0.25, 0.3) is 0 Å². The van der Waals surface area contributed by atoms with Crippen molar-refractivity contribution in [3.8, 4) is 0 Å². The van der Waals surface area contributed by atoms with Crippen LogP contribution >= 0.6 is 23.8 Å². The maximum Gasteiger partial charge on any atom is 0.232 e. The van der Waals surface area contributed by atoms with Gasteiger partial charge < -0.3 is 10.6 Å². The Morgan fingerprint density at radius 3 is 2.50 bits per heavy atom. The van der Waals surface area contributed by atoms with Crippen LogP contribution in [0, 0.1) is 23.2 Å². The van der Waals surface area contributed by atoms with Gasteiger partial charge in [-0.2, -0.15) is 0 Å². The molecule has 4 saturated carbocycles. The highest BCUT2D eigenvalue weighted by atomic mass is 35.5. The first-order chi connectivity index (χ1) is 11.5. The van der Waals surface area contributed by atoms with Gasteiger partial charge in [-0.05, 0) is 87.1 Å². The summed E-state index contributed by atoms with van der Waals surface area (Å²) >= 11 is 11.5. The van der Waals surface area contributed by atoms with E-state index in [2.05, 4.69) is 10.6 Å². The average molecular weight is 363 g/mol. The normalized spacial score (nSPS) is 33.8. The van der Waals surface area contributed by atoms with E-state index < -0.39 is 0 Å². The zero-order chi connectivity index (χ0) is 16.7. The number of para-hydroxylation sites is 1. The van der Waals surface area contributed by atoms with Gasteiger partial charge in [0.1, 0.15) is 0 Å². The SMILES string of the molecule is O=C(NC(=S)Nc1ccccc1Cl)C12CCC3CC(CC(C3)C1)C2. The molecule has 24 heavy (non-hydrogen) atoms. The Bertz CT molecular complexity index is 663. The van der Waals surface area contributed by atoms with E-state index in [1.165, 1.54) is 25.7 Å². The molecule has 0 aromatic heterocycles. The molecular formula is C19H23ClN2OS. The first-order valence-corrected chi connectivity index (χ1v) is 9.70. The summed E-state index contributed by atoms with van der Waals surface area (Å²) in [6.07, 6.45) is 8.28. The maximum absolute atomic E-state index is 13.1. The average Bonchev–Trinajstić information content (AvgIpc) is 2.74. The third-order valence-corrected chi connectivity index (χ3v) is 6.75. The Balaban J connectivity index is 1.46. The number of hydrogen-bond donors (Lipinski definition) is 2. The van der Waals surface area contributed by atoms with Crippen LogP contribution in [0.4, 0.5) is 5.69 Å². The Kier molecular flexibility index (Phi) is 4.29. The number of carbonyl (C=O) groups excluding carboxylic acids is 1. The van der Waals surface area contributed by atoms with Crippen LogP contribution in [0.25, 0.3) is 0 Å². The second kappa shape index (κ2) is 6.30. The molecule has 4 bridgehead atoms. The second-order valence-electron chi connectivity index (χ2n) is 7.92. The largest absolute Gasteiger partial charge is 0.331 e. The molecule has 1 aromatic carbocycles. The highest BCUT2D eigenvalue weighted by Crippen LogP contribution is 2.57. The van der Waals surface area contributed by atoms with Crippen LogP contribution in [0.3, 0.4) is 0 Å². The lowest BCUT2D eigenvalue weighted by Gasteiger charge is -2.44. The molecule has 128 valence electrons. The van der Waals surface area contributed by atoms with Crippen LogP contribution in [0.5, 0.6) is 0 Å². The summed E-state index contributed by atoms with van der Waals surface area (Å²) in [5.41, 5.74) is 0.525.